The number of fused-ring (bicyclic) bond motifs is 1. The van der Waals surface area contributed by atoms with Crippen LogP contribution >= 0.6 is 11.6 Å². The minimum atomic E-state index is 0.197. The van der Waals surface area contributed by atoms with E-state index >= 15 is 0 Å². The van der Waals surface area contributed by atoms with Crippen LogP contribution in [0.4, 0.5) is 0 Å². The quantitative estimate of drug-likeness (QED) is 0.823. The zero-order valence-corrected chi connectivity index (χ0v) is 17.6. The van der Waals surface area contributed by atoms with E-state index in [-0.39, 0.29) is 5.91 Å². The number of benzene rings is 1. The number of rotatable bonds is 6. The summed E-state index contributed by atoms with van der Waals surface area (Å²) >= 11 is 6.13. The number of H-pyrrole nitrogens is 1. The number of carbonyl (C=O) groups is 1. The number of aromatic nitrogens is 1. The summed E-state index contributed by atoms with van der Waals surface area (Å²) in [4.78, 5) is 23.0. The molecule has 0 saturated carbocycles. The first-order valence-corrected chi connectivity index (χ1v) is 10.2. The molecule has 1 aromatic carbocycles. The maximum atomic E-state index is 12.9. The summed E-state index contributed by atoms with van der Waals surface area (Å²) in [5.74, 6) is 0.197. The van der Waals surface area contributed by atoms with Gasteiger partial charge in [-0.25, -0.2) is 0 Å². The highest BCUT2D eigenvalue weighted by Gasteiger charge is 2.31. The standard InChI is InChI=1S/C21H31ClN4O/c1-15-13-25(14-16(2)26(15)9-5-8-24(3)4)21(27)10-17-12-23-20-7-6-18(22)11-19(17)20/h6-7,11-12,15-16,23H,5,8-10,13-14H2,1-4H3. The molecule has 1 aliphatic heterocycles. The van der Waals surface area contributed by atoms with Gasteiger partial charge in [0.15, 0.2) is 0 Å². The van der Waals surface area contributed by atoms with Gasteiger partial charge in [0, 0.05) is 53.8 Å². The predicted molar refractivity (Wildman–Crippen MR) is 112 cm³/mol. The van der Waals surface area contributed by atoms with Crippen LogP contribution < -0.4 is 0 Å². The first-order valence-electron chi connectivity index (χ1n) is 9.79. The minimum Gasteiger partial charge on any atom is -0.361 e. The zero-order chi connectivity index (χ0) is 19.6. The third-order valence-electron chi connectivity index (χ3n) is 5.55. The topological polar surface area (TPSA) is 42.6 Å². The van der Waals surface area contributed by atoms with Gasteiger partial charge in [0.2, 0.25) is 5.91 Å². The fourth-order valence-corrected chi connectivity index (χ4v) is 4.31. The first kappa shape index (κ1) is 20.2. The Balaban J connectivity index is 1.62. The molecule has 0 radical (unpaired) electrons. The summed E-state index contributed by atoms with van der Waals surface area (Å²) in [5, 5.41) is 1.74. The molecule has 2 unspecified atom stereocenters. The monoisotopic (exact) mass is 390 g/mol. The molecule has 2 atom stereocenters. The number of hydrogen-bond acceptors (Lipinski definition) is 3. The molecule has 2 aromatic rings. The zero-order valence-electron chi connectivity index (χ0n) is 16.8. The largest absolute Gasteiger partial charge is 0.361 e. The van der Waals surface area contributed by atoms with Gasteiger partial charge in [-0.1, -0.05) is 11.6 Å². The molecule has 1 aliphatic rings. The SMILES string of the molecule is CC1CN(C(=O)Cc2c[nH]c3ccc(Cl)cc23)CC(C)N1CCCN(C)C. The maximum Gasteiger partial charge on any atom is 0.227 e. The summed E-state index contributed by atoms with van der Waals surface area (Å²) < 4.78 is 0. The molecule has 3 rings (SSSR count). The molecule has 148 valence electrons. The van der Waals surface area contributed by atoms with Gasteiger partial charge in [0.05, 0.1) is 6.42 Å². The van der Waals surface area contributed by atoms with Crippen molar-refractivity contribution in [2.75, 3.05) is 40.3 Å². The van der Waals surface area contributed by atoms with E-state index in [4.69, 9.17) is 11.6 Å². The van der Waals surface area contributed by atoms with Gasteiger partial charge < -0.3 is 14.8 Å². The van der Waals surface area contributed by atoms with Crippen molar-refractivity contribution in [1.29, 1.82) is 0 Å². The number of amides is 1. The number of aromatic amines is 1. The fourth-order valence-electron chi connectivity index (χ4n) is 4.14. The molecular formula is C21H31ClN4O. The smallest absolute Gasteiger partial charge is 0.227 e. The Hall–Kier alpha value is -1.56. The molecule has 0 spiro atoms. The van der Waals surface area contributed by atoms with E-state index in [9.17, 15) is 4.79 Å². The van der Waals surface area contributed by atoms with Crippen molar-refractivity contribution < 1.29 is 4.79 Å². The van der Waals surface area contributed by atoms with Crippen LogP contribution in [0.5, 0.6) is 0 Å². The number of halogens is 1. The lowest BCUT2D eigenvalue weighted by molar-refractivity contribution is -0.134. The van der Waals surface area contributed by atoms with Crippen LogP contribution in [0, 0.1) is 0 Å². The van der Waals surface area contributed by atoms with E-state index in [0.29, 0.717) is 23.5 Å². The van der Waals surface area contributed by atoms with E-state index in [1.54, 1.807) is 0 Å². The fraction of sp³-hybridized carbons (Fsp3) is 0.571. The second-order valence-electron chi connectivity index (χ2n) is 8.07. The Kier molecular flexibility index (Phi) is 6.45. The number of piperazine rings is 1. The van der Waals surface area contributed by atoms with Gasteiger partial charge in [0.25, 0.3) is 0 Å². The van der Waals surface area contributed by atoms with Crippen molar-refractivity contribution in [3.63, 3.8) is 0 Å². The highest BCUT2D eigenvalue weighted by Crippen LogP contribution is 2.24. The molecule has 0 bridgehead atoms. The van der Waals surface area contributed by atoms with Crippen LogP contribution in [0.1, 0.15) is 25.8 Å². The summed E-state index contributed by atoms with van der Waals surface area (Å²) in [6, 6.07) is 6.53. The average Bonchev–Trinajstić information content (AvgIpc) is 2.99. The van der Waals surface area contributed by atoms with Crippen LogP contribution in [-0.4, -0.2) is 77.9 Å². The highest BCUT2D eigenvalue weighted by molar-refractivity contribution is 6.31. The molecule has 6 heteroatoms. The van der Waals surface area contributed by atoms with E-state index in [0.717, 1.165) is 49.1 Å². The van der Waals surface area contributed by atoms with Gasteiger partial charge in [0.1, 0.15) is 0 Å². The second kappa shape index (κ2) is 8.63. The van der Waals surface area contributed by atoms with Gasteiger partial charge in [-0.2, -0.15) is 0 Å². The molecule has 2 heterocycles. The van der Waals surface area contributed by atoms with Crippen molar-refractivity contribution >= 4 is 28.4 Å². The lowest BCUT2D eigenvalue weighted by atomic mass is 10.1. The van der Waals surface area contributed by atoms with Crippen molar-refractivity contribution in [1.82, 2.24) is 19.7 Å². The summed E-state index contributed by atoms with van der Waals surface area (Å²) in [6.45, 7) is 8.25. The third kappa shape index (κ3) is 4.84. The Morgan fingerprint density at radius 3 is 2.63 bits per heavy atom. The van der Waals surface area contributed by atoms with Crippen LogP contribution in [0.15, 0.2) is 24.4 Å². The van der Waals surface area contributed by atoms with Crippen LogP contribution in [0.2, 0.25) is 5.02 Å². The van der Waals surface area contributed by atoms with E-state index in [2.05, 4.69) is 42.7 Å². The van der Waals surface area contributed by atoms with E-state index in [1.807, 2.05) is 29.3 Å². The highest BCUT2D eigenvalue weighted by atomic mass is 35.5. The third-order valence-corrected chi connectivity index (χ3v) is 5.78. The van der Waals surface area contributed by atoms with Crippen LogP contribution in [-0.2, 0) is 11.2 Å². The van der Waals surface area contributed by atoms with Gasteiger partial charge >= 0.3 is 0 Å². The molecule has 1 aromatic heterocycles. The minimum absolute atomic E-state index is 0.197. The van der Waals surface area contributed by atoms with Crippen LogP contribution in [0.3, 0.4) is 0 Å². The summed E-state index contributed by atoms with van der Waals surface area (Å²) in [5.41, 5.74) is 2.04. The lowest BCUT2D eigenvalue weighted by Gasteiger charge is -2.44. The maximum absolute atomic E-state index is 12.9. The Morgan fingerprint density at radius 2 is 1.96 bits per heavy atom. The molecule has 1 saturated heterocycles. The second-order valence-corrected chi connectivity index (χ2v) is 8.51. The summed E-state index contributed by atoms with van der Waals surface area (Å²) in [6.07, 6.45) is 3.51. The average molecular weight is 391 g/mol. The van der Waals surface area contributed by atoms with Gasteiger partial charge in [-0.3, -0.25) is 9.69 Å². The van der Waals surface area contributed by atoms with E-state index < -0.39 is 0 Å². The predicted octanol–water partition coefficient (Wildman–Crippen LogP) is 3.24. The van der Waals surface area contributed by atoms with Crippen molar-refractivity contribution in [2.24, 2.45) is 0 Å². The van der Waals surface area contributed by atoms with Crippen molar-refractivity contribution in [3.05, 3.63) is 35.0 Å². The van der Waals surface area contributed by atoms with Gasteiger partial charge in [-0.15, -0.1) is 0 Å². The molecule has 1 N–H and O–H groups in total. The molecule has 27 heavy (non-hydrogen) atoms. The molecular weight excluding hydrogens is 360 g/mol. The van der Waals surface area contributed by atoms with E-state index in [1.165, 1.54) is 0 Å². The lowest BCUT2D eigenvalue weighted by Crippen LogP contribution is -2.58. The van der Waals surface area contributed by atoms with Crippen molar-refractivity contribution in [3.8, 4) is 0 Å². The molecule has 0 aliphatic carbocycles. The van der Waals surface area contributed by atoms with Crippen LogP contribution in [0.25, 0.3) is 10.9 Å². The number of nitrogens with zero attached hydrogens (tertiary/aromatic N) is 3. The molecule has 5 nitrogen and oxygen atoms in total. The number of hydrogen-bond donors (Lipinski definition) is 1. The Bertz CT molecular complexity index is 776. The van der Waals surface area contributed by atoms with Gasteiger partial charge in [-0.05, 0) is 64.7 Å². The molecule has 1 fully saturated rings. The Labute approximate surface area is 167 Å². The molecule has 1 amide bonds. The summed E-state index contributed by atoms with van der Waals surface area (Å²) in [7, 11) is 4.22. The van der Waals surface area contributed by atoms with Crippen molar-refractivity contribution in [2.45, 2.75) is 38.8 Å². The number of nitrogens with one attached hydrogen (secondary N) is 1. The number of carbonyl (C=O) groups excluding carboxylic acids is 1. The first-order chi connectivity index (χ1) is 12.8. The Morgan fingerprint density at radius 1 is 1.26 bits per heavy atom. The normalized spacial score (nSPS) is 21.3.